The lowest BCUT2D eigenvalue weighted by Crippen LogP contribution is -2.42. The van der Waals surface area contributed by atoms with Gasteiger partial charge in [0.1, 0.15) is 12.6 Å². The van der Waals surface area contributed by atoms with Crippen molar-refractivity contribution in [2.24, 2.45) is 5.92 Å². The number of hydrogen-bond donors (Lipinski definition) is 0. The largest absolute Gasteiger partial charge is 0.313 e. The van der Waals surface area contributed by atoms with E-state index in [1.54, 1.807) is 0 Å². The van der Waals surface area contributed by atoms with Gasteiger partial charge >= 0.3 is 0 Å². The summed E-state index contributed by atoms with van der Waals surface area (Å²) in [6.45, 7) is 5.28. The number of rotatable bonds is 0. The number of likely N-dealkylation sites (N-methyl/N-ethyl adjacent to an activating group) is 1. The lowest BCUT2D eigenvalue weighted by molar-refractivity contribution is -0.836. The van der Waals surface area contributed by atoms with Crippen LogP contribution in [0.25, 0.3) is 0 Å². The highest BCUT2D eigenvalue weighted by Gasteiger charge is 2.64. The van der Waals surface area contributed by atoms with Gasteiger partial charge in [0.25, 0.3) is 0 Å². The van der Waals surface area contributed by atoms with E-state index in [1.165, 1.54) is 17.6 Å². The molecule has 0 aromatic carbocycles. The van der Waals surface area contributed by atoms with Gasteiger partial charge in [-0.1, -0.05) is 6.92 Å². The second kappa shape index (κ2) is 0.752. The molecule has 0 aliphatic carbocycles. The van der Waals surface area contributed by atoms with E-state index in [-0.39, 0.29) is 0 Å². The minimum atomic E-state index is 1.05. The fourth-order valence-electron chi connectivity index (χ4n) is 2.03. The number of quaternary nitrogens is 1. The number of hydrogen-bond acceptors (Lipinski definition) is 0. The van der Waals surface area contributed by atoms with E-state index in [0.717, 1.165) is 12.0 Å². The maximum Gasteiger partial charge on any atom is 0.147 e. The average molecular weight is 98.2 g/mol. The van der Waals surface area contributed by atoms with Crippen molar-refractivity contribution in [3.05, 3.63) is 0 Å². The Morgan fingerprint density at radius 1 is 1.43 bits per heavy atom. The van der Waals surface area contributed by atoms with Crippen molar-refractivity contribution in [1.29, 1.82) is 0 Å². The average Bonchev–Trinajstić information content (AvgIpc) is 2.10. The van der Waals surface area contributed by atoms with E-state index in [9.17, 15) is 0 Å². The van der Waals surface area contributed by atoms with Gasteiger partial charge in [0.2, 0.25) is 0 Å². The molecule has 0 aromatic rings. The van der Waals surface area contributed by atoms with E-state index < -0.39 is 0 Å². The van der Waals surface area contributed by atoms with Crippen LogP contribution in [0.3, 0.4) is 0 Å². The van der Waals surface area contributed by atoms with Gasteiger partial charge in [0, 0.05) is 0 Å². The lowest BCUT2D eigenvalue weighted by atomic mass is 10.0. The minimum Gasteiger partial charge on any atom is -0.313 e. The van der Waals surface area contributed by atoms with E-state index in [1.807, 2.05) is 0 Å². The standard InChI is InChI=1S/C6H12N/c1-5-3-7(2)4-6(5)7/h5-6H,3-4H2,1-2H3/q+1. The van der Waals surface area contributed by atoms with E-state index in [2.05, 4.69) is 14.0 Å². The van der Waals surface area contributed by atoms with Crippen molar-refractivity contribution in [1.82, 2.24) is 0 Å². The molecule has 2 aliphatic rings. The smallest absolute Gasteiger partial charge is 0.147 e. The van der Waals surface area contributed by atoms with Crippen LogP contribution in [0.4, 0.5) is 0 Å². The topological polar surface area (TPSA) is 0 Å². The Morgan fingerprint density at radius 2 is 2.14 bits per heavy atom. The van der Waals surface area contributed by atoms with Crippen molar-refractivity contribution < 1.29 is 4.48 Å². The molecule has 0 N–H and O–H groups in total. The molecule has 2 rings (SSSR count). The summed E-state index contributed by atoms with van der Waals surface area (Å²) in [5, 5.41) is 0. The van der Waals surface area contributed by atoms with Gasteiger partial charge in [-0.05, 0) is 0 Å². The van der Waals surface area contributed by atoms with Crippen LogP contribution < -0.4 is 0 Å². The summed E-state index contributed by atoms with van der Waals surface area (Å²) in [7, 11) is 2.35. The Balaban J connectivity index is 2.12. The van der Waals surface area contributed by atoms with Gasteiger partial charge in [-0.2, -0.15) is 0 Å². The first kappa shape index (κ1) is 3.90. The van der Waals surface area contributed by atoms with Crippen LogP contribution in [0.2, 0.25) is 0 Å². The zero-order chi connectivity index (χ0) is 5.07. The molecule has 2 aliphatic heterocycles. The van der Waals surface area contributed by atoms with E-state index in [0.29, 0.717) is 0 Å². The molecule has 1 heteroatoms. The van der Waals surface area contributed by atoms with Crippen LogP contribution in [0.5, 0.6) is 0 Å². The van der Waals surface area contributed by atoms with Crippen molar-refractivity contribution in [2.75, 3.05) is 20.1 Å². The second-order valence-electron chi connectivity index (χ2n) is 3.39. The van der Waals surface area contributed by atoms with Gasteiger partial charge in [-0.3, -0.25) is 0 Å². The van der Waals surface area contributed by atoms with Gasteiger partial charge in [-0.25, -0.2) is 0 Å². The minimum absolute atomic E-state index is 1.05. The third-order valence-electron chi connectivity index (χ3n) is 2.63. The molecule has 2 heterocycles. The summed E-state index contributed by atoms with van der Waals surface area (Å²) in [5.74, 6) is 1.05. The Labute approximate surface area is 44.5 Å². The van der Waals surface area contributed by atoms with Crippen molar-refractivity contribution in [3.63, 3.8) is 0 Å². The highest BCUT2D eigenvalue weighted by molar-refractivity contribution is 4.88. The molecule has 3 atom stereocenters. The quantitative estimate of drug-likeness (QED) is 0.305. The first-order valence-corrected chi connectivity index (χ1v) is 3.07. The third kappa shape index (κ3) is 0.290. The lowest BCUT2D eigenvalue weighted by Gasteiger charge is -2.27. The molecule has 0 bridgehead atoms. The molecular formula is C6H12N+. The van der Waals surface area contributed by atoms with Crippen LogP contribution in [-0.2, 0) is 0 Å². The van der Waals surface area contributed by atoms with Gasteiger partial charge in [0.05, 0.1) is 19.5 Å². The second-order valence-corrected chi connectivity index (χ2v) is 3.39. The molecule has 1 nitrogen and oxygen atoms in total. The van der Waals surface area contributed by atoms with Crippen molar-refractivity contribution in [3.8, 4) is 0 Å². The molecule has 0 spiro atoms. The Morgan fingerprint density at radius 3 is 2.14 bits per heavy atom. The predicted molar refractivity (Wildman–Crippen MR) is 28.9 cm³/mol. The summed E-state index contributed by atoms with van der Waals surface area (Å²) in [6.07, 6.45) is 0. The van der Waals surface area contributed by atoms with Crippen LogP contribution in [0.1, 0.15) is 6.92 Å². The highest BCUT2D eigenvalue weighted by atomic mass is 15.5. The fourth-order valence-corrected chi connectivity index (χ4v) is 2.03. The molecule has 2 fully saturated rings. The zero-order valence-electron chi connectivity index (χ0n) is 5.02. The molecule has 2 saturated heterocycles. The van der Waals surface area contributed by atoms with Crippen molar-refractivity contribution in [2.45, 2.75) is 13.0 Å². The van der Waals surface area contributed by atoms with Crippen LogP contribution in [0, 0.1) is 5.92 Å². The summed E-state index contributed by atoms with van der Waals surface area (Å²) in [6, 6.07) is 1.08. The third-order valence-corrected chi connectivity index (χ3v) is 2.63. The summed E-state index contributed by atoms with van der Waals surface area (Å²) >= 11 is 0. The van der Waals surface area contributed by atoms with E-state index >= 15 is 0 Å². The first-order chi connectivity index (χ1) is 3.22. The molecule has 0 radical (unpaired) electrons. The van der Waals surface area contributed by atoms with Gasteiger partial charge in [0.15, 0.2) is 0 Å². The van der Waals surface area contributed by atoms with Crippen molar-refractivity contribution >= 4 is 0 Å². The van der Waals surface area contributed by atoms with Crippen LogP contribution >= 0.6 is 0 Å². The number of nitrogens with zero attached hydrogens (tertiary/aromatic N) is 1. The Bertz CT molecular complexity index is 111. The number of fused-ring (bicyclic) bond motifs is 1. The maximum absolute atomic E-state index is 2.36. The molecule has 40 valence electrons. The monoisotopic (exact) mass is 98.1 g/mol. The molecule has 0 aromatic heterocycles. The normalized spacial score (nSPS) is 66.0. The summed E-state index contributed by atoms with van der Waals surface area (Å²) in [4.78, 5) is 0. The SMILES string of the molecule is CC1C[N+]2(C)CC12. The maximum atomic E-state index is 2.36. The molecular weight excluding hydrogens is 86.1 g/mol. The Hall–Kier alpha value is -0.0400. The van der Waals surface area contributed by atoms with Gasteiger partial charge in [-0.15, -0.1) is 0 Å². The fraction of sp³-hybridized carbons (Fsp3) is 1.00. The van der Waals surface area contributed by atoms with E-state index in [4.69, 9.17) is 0 Å². The zero-order valence-corrected chi connectivity index (χ0v) is 5.02. The highest BCUT2D eigenvalue weighted by Crippen LogP contribution is 2.45. The predicted octanol–water partition coefficient (Wildman–Crippen LogP) is 0.465. The first-order valence-electron chi connectivity index (χ1n) is 3.07. The van der Waals surface area contributed by atoms with Gasteiger partial charge < -0.3 is 4.48 Å². The molecule has 7 heavy (non-hydrogen) atoms. The molecule has 0 saturated carbocycles. The summed E-state index contributed by atoms with van der Waals surface area (Å²) in [5.41, 5.74) is 0. The van der Waals surface area contributed by atoms with Crippen LogP contribution in [0.15, 0.2) is 0 Å². The molecule has 0 amide bonds. The summed E-state index contributed by atoms with van der Waals surface area (Å²) < 4.78 is 1.40. The van der Waals surface area contributed by atoms with Crippen LogP contribution in [-0.4, -0.2) is 30.7 Å². The molecule has 3 unspecified atom stereocenters. The Kier molecular flexibility index (Phi) is 0.419.